The van der Waals surface area contributed by atoms with E-state index >= 15 is 0 Å². The van der Waals surface area contributed by atoms with Crippen LogP contribution in [0.5, 0.6) is 0 Å². The summed E-state index contributed by atoms with van der Waals surface area (Å²) in [5, 5.41) is 17.1. The fraction of sp³-hybridized carbons (Fsp3) is 0.727. The van der Waals surface area contributed by atoms with Gasteiger partial charge in [-0.1, -0.05) is 0 Å². The molecule has 0 spiro atoms. The lowest BCUT2D eigenvalue weighted by Gasteiger charge is -2.23. The maximum Gasteiger partial charge on any atom is 0.305 e. The molecule has 0 saturated carbocycles. The zero-order chi connectivity index (χ0) is 14.1. The van der Waals surface area contributed by atoms with E-state index in [1.54, 1.807) is 18.9 Å². The Labute approximate surface area is 106 Å². The van der Waals surface area contributed by atoms with Crippen LogP contribution < -0.4 is 0 Å². The molecule has 2 N–H and O–H groups in total. The molecule has 104 valence electrons. The predicted octanol–water partition coefficient (Wildman–Crippen LogP) is -0.284. The lowest BCUT2D eigenvalue weighted by atomic mass is 10.3. The first kappa shape index (κ1) is 16.4. The lowest BCUT2D eigenvalue weighted by Crippen LogP contribution is -2.40. The number of aliphatic carboxylic acids is 2. The minimum atomic E-state index is -0.944. The first-order valence-electron chi connectivity index (χ1n) is 5.76. The highest BCUT2D eigenvalue weighted by Gasteiger charge is 2.15. The molecular formula is C11H20N2O5. The van der Waals surface area contributed by atoms with E-state index in [1.807, 2.05) is 0 Å². The Kier molecular flexibility index (Phi) is 7.69. The summed E-state index contributed by atoms with van der Waals surface area (Å²) in [5.41, 5.74) is 0. The molecule has 0 aromatic heterocycles. The topological polar surface area (TPSA) is 98.2 Å². The first-order chi connectivity index (χ1) is 8.36. The van der Waals surface area contributed by atoms with Crippen LogP contribution in [-0.4, -0.2) is 71.1 Å². The van der Waals surface area contributed by atoms with Crippen LogP contribution in [-0.2, 0) is 14.4 Å². The van der Waals surface area contributed by atoms with Gasteiger partial charge in [0.05, 0.1) is 19.4 Å². The van der Waals surface area contributed by atoms with Crippen LogP contribution in [0.25, 0.3) is 0 Å². The van der Waals surface area contributed by atoms with E-state index in [1.165, 1.54) is 4.90 Å². The SMILES string of the molecule is CCN(CCC(=O)O)C(=O)CN(C)CCC(=O)O. The number of hydrogen-bond donors (Lipinski definition) is 2. The quantitative estimate of drug-likeness (QED) is 0.591. The number of carbonyl (C=O) groups is 3. The molecule has 0 fully saturated rings. The predicted molar refractivity (Wildman–Crippen MR) is 64.3 cm³/mol. The van der Waals surface area contributed by atoms with Crippen molar-refractivity contribution in [1.29, 1.82) is 0 Å². The molecule has 0 aliphatic rings. The second kappa shape index (κ2) is 8.46. The number of amides is 1. The molecule has 0 radical (unpaired) electrons. The van der Waals surface area contributed by atoms with Crippen molar-refractivity contribution < 1.29 is 24.6 Å². The van der Waals surface area contributed by atoms with Crippen LogP contribution in [0, 0.1) is 0 Å². The van der Waals surface area contributed by atoms with Gasteiger partial charge in [-0.2, -0.15) is 0 Å². The minimum Gasteiger partial charge on any atom is -0.481 e. The van der Waals surface area contributed by atoms with Crippen molar-refractivity contribution >= 4 is 17.8 Å². The van der Waals surface area contributed by atoms with Crippen molar-refractivity contribution in [2.24, 2.45) is 0 Å². The Bertz CT molecular complexity index is 306. The highest BCUT2D eigenvalue weighted by Crippen LogP contribution is 1.96. The van der Waals surface area contributed by atoms with E-state index in [0.29, 0.717) is 6.54 Å². The second-order valence-electron chi connectivity index (χ2n) is 4.00. The lowest BCUT2D eigenvalue weighted by molar-refractivity contribution is -0.140. The average Bonchev–Trinajstić information content (AvgIpc) is 2.26. The fourth-order valence-corrected chi connectivity index (χ4v) is 1.39. The number of carbonyl (C=O) groups excluding carboxylic acids is 1. The van der Waals surface area contributed by atoms with Crippen molar-refractivity contribution in [3.8, 4) is 0 Å². The molecule has 0 atom stereocenters. The summed E-state index contributed by atoms with van der Waals surface area (Å²) < 4.78 is 0. The Morgan fingerprint density at radius 3 is 1.94 bits per heavy atom. The van der Waals surface area contributed by atoms with Crippen LogP contribution in [0.15, 0.2) is 0 Å². The molecule has 18 heavy (non-hydrogen) atoms. The van der Waals surface area contributed by atoms with Gasteiger partial charge in [0.15, 0.2) is 0 Å². The molecule has 7 nitrogen and oxygen atoms in total. The Morgan fingerprint density at radius 2 is 1.50 bits per heavy atom. The number of likely N-dealkylation sites (N-methyl/N-ethyl adjacent to an activating group) is 2. The van der Waals surface area contributed by atoms with Gasteiger partial charge in [-0.15, -0.1) is 0 Å². The van der Waals surface area contributed by atoms with Gasteiger partial charge in [-0.05, 0) is 14.0 Å². The molecule has 0 aromatic carbocycles. The van der Waals surface area contributed by atoms with E-state index < -0.39 is 11.9 Å². The number of carboxylic acids is 2. The average molecular weight is 260 g/mol. The Morgan fingerprint density at radius 1 is 1.00 bits per heavy atom. The minimum absolute atomic E-state index is 0.0228. The van der Waals surface area contributed by atoms with E-state index in [0.717, 1.165) is 0 Å². The van der Waals surface area contributed by atoms with Gasteiger partial charge in [0.25, 0.3) is 0 Å². The largest absolute Gasteiger partial charge is 0.481 e. The number of nitrogens with zero attached hydrogens (tertiary/aromatic N) is 2. The normalized spacial score (nSPS) is 10.4. The van der Waals surface area contributed by atoms with Crippen molar-refractivity contribution in [3.63, 3.8) is 0 Å². The third kappa shape index (κ3) is 7.61. The first-order valence-corrected chi connectivity index (χ1v) is 5.76. The van der Waals surface area contributed by atoms with Gasteiger partial charge in [0.2, 0.25) is 5.91 Å². The van der Waals surface area contributed by atoms with Gasteiger partial charge in [0.1, 0.15) is 0 Å². The molecule has 0 saturated heterocycles. The number of carboxylic acid groups (broad SMARTS) is 2. The number of hydrogen-bond acceptors (Lipinski definition) is 4. The maximum atomic E-state index is 11.8. The van der Waals surface area contributed by atoms with Crippen molar-refractivity contribution in [2.45, 2.75) is 19.8 Å². The zero-order valence-electron chi connectivity index (χ0n) is 10.8. The summed E-state index contributed by atoms with van der Waals surface area (Å²) in [7, 11) is 1.66. The smallest absolute Gasteiger partial charge is 0.305 e. The van der Waals surface area contributed by atoms with E-state index in [4.69, 9.17) is 10.2 Å². The highest BCUT2D eigenvalue weighted by atomic mass is 16.4. The summed E-state index contributed by atoms with van der Waals surface area (Å²) in [6, 6.07) is 0. The molecular weight excluding hydrogens is 240 g/mol. The molecule has 1 amide bonds. The molecule has 7 heteroatoms. The Hall–Kier alpha value is -1.63. The van der Waals surface area contributed by atoms with Crippen LogP contribution >= 0.6 is 0 Å². The van der Waals surface area contributed by atoms with Crippen LogP contribution in [0.2, 0.25) is 0 Å². The molecule has 0 rings (SSSR count). The zero-order valence-corrected chi connectivity index (χ0v) is 10.8. The summed E-state index contributed by atoms with van der Waals surface area (Å²) in [6.07, 6.45) is -0.108. The molecule has 0 unspecified atom stereocenters. The molecule has 0 bridgehead atoms. The highest BCUT2D eigenvalue weighted by molar-refractivity contribution is 5.79. The van der Waals surface area contributed by atoms with Crippen LogP contribution in [0.4, 0.5) is 0 Å². The summed E-state index contributed by atoms with van der Waals surface area (Å²) in [6.45, 7) is 2.78. The van der Waals surface area contributed by atoms with Gasteiger partial charge in [-0.25, -0.2) is 0 Å². The molecule has 0 aliphatic heterocycles. The fourth-order valence-electron chi connectivity index (χ4n) is 1.39. The maximum absolute atomic E-state index is 11.8. The molecule has 0 aromatic rings. The van der Waals surface area contributed by atoms with Crippen molar-refractivity contribution in [1.82, 2.24) is 9.80 Å². The Balaban J connectivity index is 4.09. The van der Waals surface area contributed by atoms with E-state index in [2.05, 4.69) is 0 Å². The monoisotopic (exact) mass is 260 g/mol. The second-order valence-corrected chi connectivity index (χ2v) is 4.00. The summed E-state index contributed by atoms with van der Waals surface area (Å²) in [5.74, 6) is -2.04. The van der Waals surface area contributed by atoms with Crippen LogP contribution in [0.3, 0.4) is 0 Å². The van der Waals surface area contributed by atoms with Crippen molar-refractivity contribution in [3.05, 3.63) is 0 Å². The third-order valence-electron chi connectivity index (χ3n) is 2.44. The summed E-state index contributed by atoms with van der Waals surface area (Å²) in [4.78, 5) is 35.6. The third-order valence-corrected chi connectivity index (χ3v) is 2.44. The summed E-state index contributed by atoms with van der Waals surface area (Å²) >= 11 is 0. The van der Waals surface area contributed by atoms with Crippen LogP contribution in [0.1, 0.15) is 19.8 Å². The van der Waals surface area contributed by atoms with Crippen molar-refractivity contribution in [2.75, 3.05) is 33.2 Å². The van der Waals surface area contributed by atoms with E-state index in [9.17, 15) is 14.4 Å². The van der Waals surface area contributed by atoms with Gasteiger partial charge in [-0.3, -0.25) is 19.3 Å². The van der Waals surface area contributed by atoms with Gasteiger partial charge < -0.3 is 15.1 Å². The molecule has 0 aliphatic carbocycles. The van der Waals surface area contributed by atoms with Gasteiger partial charge >= 0.3 is 11.9 Å². The van der Waals surface area contributed by atoms with E-state index in [-0.39, 0.29) is 38.4 Å². The van der Waals surface area contributed by atoms with Gasteiger partial charge in [0, 0.05) is 19.6 Å². The standard InChI is InChI=1S/C11H20N2O5/c1-3-13(7-5-11(17)18)9(14)8-12(2)6-4-10(15)16/h3-8H2,1-2H3,(H,15,16)(H,17,18). The number of rotatable bonds is 9. The molecule has 0 heterocycles.